The summed E-state index contributed by atoms with van der Waals surface area (Å²) in [6.07, 6.45) is 3.46. The molecule has 0 saturated carbocycles. The molecule has 6 heteroatoms. The summed E-state index contributed by atoms with van der Waals surface area (Å²) in [5.74, 6) is -0.144. The summed E-state index contributed by atoms with van der Waals surface area (Å²) in [5, 5.41) is 4.69. The van der Waals surface area contributed by atoms with Crippen LogP contribution < -0.4 is 5.32 Å². The number of hydrogen-bond acceptors (Lipinski definition) is 3. The van der Waals surface area contributed by atoms with Crippen molar-refractivity contribution < 1.29 is 4.79 Å². The van der Waals surface area contributed by atoms with Gasteiger partial charge in [-0.2, -0.15) is 0 Å². The summed E-state index contributed by atoms with van der Waals surface area (Å²) < 4.78 is 0. The van der Waals surface area contributed by atoms with E-state index in [0.29, 0.717) is 17.3 Å². The number of rotatable bonds is 5. The van der Waals surface area contributed by atoms with E-state index in [1.54, 1.807) is 24.2 Å². The first-order valence-electron chi connectivity index (χ1n) is 8.83. The molecule has 140 valence electrons. The molecule has 1 amide bonds. The van der Waals surface area contributed by atoms with Gasteiger partial charge in [0.05, 0.1) is 4.90 Å². The number of amides is 1. The molecular formula is C22H18ClN3OS. The lowest BCUT2D eigenvalue weighted by molar-refractivity contribution is 0.0944. The number of pyridine rings is 1. The molecule has 0 aliphatic rings. The summed E-state index contributed by atoms with van der Waals surface area (Å²) >= 11 is 7.55. The van der Waals surface area contributed by atoms with E-state index < -0.39 is 0 Å². The molecule has 2 aromatic carbocycles. The highest BCUT2D eigenvalue weighted by molar-refractivity contribution is 7.99. The smallest absolute Gasteiger partial charge is 0.269 e. The summed E-state index contributed by atoms with van der Waals surface area (Å²) in [5.41, 5.74) is 3.60. The summed E-state index contributed by atoms with van der Waals surface area (Å²) in [6.45, 7) is 2.46. The van der Waals surface area contributed by atoms with Gasteiger partial charge < -0.3 is 10.3 Å². The van der Waals surface area contributed by atoms with Crippen molar-refractivity contribution >= 4 is 40.2 Å². The molecule has 4 rings (SSSR count). The van der Waals surface area contributed by atoms with Gasteiger partial charge in [0.1, 0.15) is 5.69 Å². The fourth-order valence-corrected chi connectivity index (χ4v) is 4.11. The Hall–Kier alpha value is -2.76. The third kappa shape index (κ3) is 4.06. The molecule has 0 bridgehead atoms. The molecule has 0 aliphatic heterocycles. The zero-order valence-electron chi connectivity index (χ0n) is 15.2. The quantitative estimate of drug-likeness (QED) is 0.452. The maximum Gasteiger partial charge on any atom is 0.269 e. The average molecular weight is 408 g/mol. The van der Waals surface area contributed by atoms with Crippen LogP contribution >= 0.6 is 23.4 Å². The second kappa shape index (κ2) is 8.09. The number of fused-ring (bicyclic) bond motifs is 1. The predicted molar refractivity (Wildman–Crippen MR) is 114 cm³/mol. The molecule has 0 unspecified atom stereocenters. The Bertz CT molecular complexity index is 1120. The van der Waals surface area contributed by atoms with Gasteiger partial charge in [0.15, 0.2) is 0 Å². The minimum atomic E-state index is -0.144. The molecule has 0 aliphatic carbocycles. The minimum Gasteiger partial charge on any atom is -0.350 e. The number of hydrogen-bond donors (Lipinski definition) is 2. The predicted octanol–water partition coefficient (Wildman–Crippen LogP) is 5.61. The molecule has 0 atom stereocenters. The lowest BCUT2D eigenvalue weighted by Crippen LogP contribution is -2.23. The van der Waals surface area contributed by atoms with E-state index in [9.17, 15) is 4.79 Å². The van der Waals surface area contributed by atoms with E-state index in [2.05, 4.69) is 33.5 Å². The number of aryl methyl sites for hydroxylation is 1. The third-order valence-corrected chi connectivity index (χ3v) is 5.73. The van der Waals surface area contributed by atoms with Crippen LogP contribution in [-0.2, 0) is 6.54 Å². The number of halogens is 1. The Labute approximate surface area is 172 Å². The maximum absolute atomic E-state index is 12.9. The van der Waals surface area contributed by atoms with Gasteiger partial charge in [0, 0.05) is 39.8 Å². The molecule has 2 N–H and O–H groups in total. The van der Waals surface area contributed by atoms with Crippen LogP contribution in [0.4, 0.5) is 0 Å². The van der Waals surface area contributed by atoms with E-state index >= 15 is 0 Å². The fraction of sp³-hybridized carbons (Fsp3) is 0.0909. The van der Waals surface area contributed by atoms with Crippen molar-refractivity contribution in [3.8, 4) is 0 Å². The highest BCUT2D eigenvalue weighted by atomic mass is 35.5. The number of nitrogens with one attached hydrogen (secondary N) is 2. The number of benzene rings is 2. The van der Waals surface area contributed by atoms with Gasteiger partial charge in [-0.05, 0) is 54.4 Å². The van der Waals surface area contributed by atoms with Gasteiger partial charge in [-0.25, -0.2) is 0 Å². The van der Waals surface area contributed by atoms with Crippen molar-refractivity contribution in [2.45, 2.75) is 23.3 Å². The van der Waals surface area contributed by atoms with Crippen LogP contribution in [0.3, 0.4) is 0 Å². The summed E-state index contributed by atoms with van der Waals surface area (Å²) in [7, 11) is 0. The molecule has 4 nitrogen and oxygen atoms in total. The van der Waals surface area contributed by atoms with Crippen LogP contribution in [0, 0.1) is 6.92 Å². The van der Waals surface area contributed by atoms with Gasteiger partial charge in [-0.1, -0.05) is 41.6 Å². The number of aromatic amines is 1. The molecule has 0 spiro atoms. The fourth-order valence-electron chi connectivity index (χ4n) is 2.95. The maximum atomic E-state index is 12.9. The Morgan fingerprint density at radius 1 is 1.18 bits per heavy atom. The highest BCUT2D eigenvalue weighted by Gasteiger charge is 2.19. The molecule has 2 heterocycles. The van der Waals surface area contributed by atoms with E-state index in [1.165, 1.54) is 0 Å². The van der Waals surface area contributed by atoms with Crippen molar-refractivity contribution in [2.75, 3.05) is 0 Å². The first-order valence-corrected chi connectivity index (χ1v) is 10.0. The van der Waals surface area contributed by atoms with Crippen LogP contribution in [0.15, 0.2) is 76.8 Å². The highest BCUT2D eigenvalue weighted by Crippen LogP contribution is 2.37. The zero-order valence-corrected chi connectivity index (χ0v) is 16.8. The Morgan fingerprint density at radius 2 is 2.00 bits per heavy atom. The van der Waals surface area contributed by atoms with Gasteiger partial charge in [0.25, 0.3) is 5.91 Å². The van der Waals surface area contributed by atoms with Gasteiger partial charge in [-0.3, -0.25) is 9.78 Å². The van der Waals surface area contributed by atoms with E-state index in [-0.39, 0.29) is 5.91 Å². The van der Waals surface area contributed by atoms with Crippen molar-refractivity contribution in [1.82, 2.24) is 15.3 Å². The average Bonchev–Trinajstić information content (AvgIpc) is 3.06. The van der Waals surface area contributed by atoms with Crippen molar-refractivity contribution in [1.29, 1.82) is 0 Å². The lowest BCUT2D eigenvalue weighted by Gasteiger charge is -2.07. The number of nitrogens with zero attached hydrogens (tertiary/aromatic N) is 1. The van der Waals surface area contributed by atoms with Crippen LogP contribution in [0.1, 0.15) is 21.6 Å². The van der Waals surface area contributed by atoms with Crippen molar-refractivity contribution in [3.63, 3.8) is 0 Å². The van der Waals surface area contributed by atoms with Gasteiger partial charge in [0.2, 0.25) is 0 Å². The Balaban J connectivity index is 1.67. The van der Waals surface area contributed by atoms with Gasteiger partial charge >= 0.3 is 0 Å². The second-order valence-corrected chi connectivity index (χ2v) is 8.00. The third-order valence-electron chi connectivity index (χ3n) is 4.34. The van der Waals surface area contributed by atoms with Crippen molar-refractivity contribution in [2.24, 2.45) is 0 Å². The van der Waals surface area contributed by atoms with Crippen LogP contribution in [0.2, 0.25) is 5.02 Å². The molecule has 28 heavy (non-hydrogen) atoms. The first-order chi connectivity index (χ1) is 13.6. The topological polar surface area (TPSA) is 57.8 Å². The zero-order chi connectivity index (χ0) is 19.5. The van der Waals surface area contributed by atoms with Crippen LogP contribution in [0.5, 0.6) is 0 Å². The second-order valence-electron chi connectivity index (χ2n) is 6.48. The molecule has 0 fully saturated rings. The minimum absolute atomic E-state index is 0.144. The van der Waals surface area contributed by atoms with Crippen molar-refractivity contribution in [3.05, 3.63) is 88.8 Å². The van der Waals surface area contributed by atoms with Crippen LogP contribution in [-0.4, -0.2) is 15.9 Å². The summed E-state index contributed by atoms with van der Waals surface area (Å²) in [6, 6.07) is 17.6. The van der Waals surface area contributed by atoms with Gasteiger partial charge in [-0.15, -0.1) is 0 Å². The molecule has 0 radical (unpaired) electrons. The monoisotopic (exact) mass is 407 g/mol. The van der Waals surface area contributed by atoms with E-state index in [0.717, 1.165) is 31.8 Å². The summed E-state index contributed by atoms with van der Waals surface area (Å²) in [4.78, 5) is 22.2. The van der Waals surface area contributed by atoms with E-state index in [1.807, 2.05) is 43.3 Å². The standard InChI is InChI=1S/C22H18ClN3OS/c1-14-4-9-18-19(11-14)26-20(21(18)28-17-7-5-16(23)6-8-17)22(27)25-13-15-3-2-10-24-12-15/h2-12,26H,13H2,1H3,(H,25,27). The number of carbonyl (C=O) groups is 1. The molecule has 0 saturated heterocycles. The lowest BCUT2D eigenvalue weighted by atomic mass is 10.2. The normalized spacial score (nSPS) is 10.9. The first kappa shape index (κ1) is 18.6. The number of H-pyrrole nitrogens is 1. The SMILES string of the molecule is Cc1ccc2c(Sc3ccc(Cl)cc3)c(C(=O)NCc3cccnc3)[nH]c2c1. The number of carbonyl (C=O) groups excluding carboxylic acids is 1. The molecule has 4 aromatic rings. The Morgan fingerprint density at radius 3 is 2.75 bits per heavy atom. The number of aromatic nitrogens is 2. The van der Waals surface area contributed by atoms with Crippen LogP contribution in [0.25, 0.3) is 10.9 Å². The largest absolute Gasteiger partial charge is 0.350 e. The van der Waals surface area contributed by atoms with E-state index in [4.69, 9.17) is 11.6 Å². The molecule has 2 aromatic heterocycles. The Kier molecular flexibility index (Phi) is 5.37. The molecular weight excluding hydrogens is 390 g/mol.